The van der Waals surface area contributed by atoms with Crippen molar-refractivity contribution in [3.8, 4) is 0 Å². The van der Waals surface area contributed by atoms with Crippen LogP contribution < -0.4 is 4.90 Å². The van der Waals surface area contributed by atoms with Crippen LogP contribution in [0.5, 0.6) is 0 Å². The van der Waals surface area contributed by atoms with Crippen LogP contribution >= 0.6 is 11.8 Å². The van der Waals surface area contributed by atoms with Crippen LogP contribution in [0, 0.1) is 13.8 Å². The standard InChI is InChI=1S/C19H29N3OS/c1-8-15(4)22-17(20-19(5,6)7)24-12-21(18(22)23)16-10-9-13(2)11-14(16)3/h9-11,15H,8,12H2,1-7H3/b20-17-. The molecule has 24 heavy (non-hydrogen) atoms. The second-order valence-corrected chi connectivity index (χ2v) is 8.38. The van der Waals surface area contributed by atoms with Crippen LogP contribution in [0.1, 0.15) is 52.2 Å². The number of carbonyl (C=O) groups is 1. The number of amides is 2. The summed E-state index contributed by atoms with van der Waals surface area (Å²) in [6.45, 7) is 14.5. The lowest BCUT2D eigenvalue weighted by atomic mass is 10.1. The number of anilines is 1. The van der Waals surface area contributed by atoms with Gasteiger partial charge in [-0.25, -0.2) is 4.79 Å². The molecule has 0 N–H and O–H groups in total. The van der Waals surface area contributed by atoms with Gasteiger partial charge in [0.25, 0.3) is 0 Å². The average molecular weight is 348 g/mol. The number of hydrogen-bond donors (Lipinski definition) is 0. The number of urea groups is 1. The minimum atomic E-state index is -0.198. The predicted octanol–water partition coefficient (Wildman–Crippen LogP) is 5.19. The van der Waals surface area contributed by atoms with E-state index in [0.29, 0.717) is 5.88 Å². The van der Waals surface area contributed by atoms with Gasteiger partial charge in [0, 0.05) is 11.7 Å². The normalized spacial score (nSPS) is 19.1. The molecule has 2 rings (SSSR count). The van der Waals surface area contributed by atoms with E-state index in [4.69, 9.17) is 4.99 Å². The highest BCUT2D eigenvalue weighted by molar-refractivity contribution is 8.14. The zero-order valence-electron chi connectivity index (χ0n) is 15.9. The minimum Gasteiger partial charge on any atom is -0.284 e. The zero-order chi connectivity index (χ0) is 18.1. The number of thioether (sulfide) groups is 1. The summed E-state index contributed by atoms with van der Waals surface area (Å²) in [6, 6.07) is 6.38. The number of carbonyl (C=O) groups excluding carboxylic acids is 1. The molecule has 0 aromatic heterocycles. The van der Waals surface area contributed by atoms with E-state index in [0.717, 1.165) is 22.8 Å². The summed E-state index contributed by atoms with van der Waals surface area (Å²) in [4.78, 5) is 21.7. The van der Waals surface area contributed by atoms with Crippen molar-refractivity contribution in [2.75, 3.05) is 10.8 Å². The summed E-state index contributed by atoms with van der Waals surface area (Å²) in [6.07, 6.45) is 0.899. The number of amidine groups is 1. The lowest BCUT2D eigenvalue weighted by Gasteiger charge is -2.40. The Balaban J connectivity index is 2.41. The summed E-state index contributed by atoms with van der Waals surface area (Å²) in [7, 11) is 0. The first-order chi connectivity index (χ1) is 11.1. The van der Waals surface area contributed by atoms with E-state index in [1.54, 1.807) is 11.8 Å². The highest BCUT2D eigenvalue weighted by atomic mass is 32.2. The SMILES string of the molecule is CCC(C)N1C(=O)N(c2ccc(C)cc2C)CS/C1=N\C(C)(C)C. The molecule has 2 amide bonds. The molecule has 1 aliphatic rings. The van der Waals surface area contributed by atoms with Crippen LogP contribution in [0.25, 0.3) is 0 Å². The number of aliphatic imine (C=N–C) groups is 1. The van der Waals surface area contributed by atoms with E-state index in [9.17, 15) is 4.79 Å². The Hall–Kier alpha value is -1.49. The van der Waals surface area contributed by atoms with Gasteiger partial charge in [0.15, 0.2) is 5.17 Å². The molecule has 1 fully saturated rings. The maximum atomic E-state index is 13.2. The summed E-state index contributed by atoms with van der Waals surface area (Å²) in [5, 5.41) is 0.836. The number of aryl methyl sites for hydroxylation is 2. The molecule has 1 aromatic rings. The quantitative estimate of drug-likeness (QED) is 0.754. The van der Waals surface area contributed by atoms with Gasteiger partial charge in [-0.2, -0.15) is 0 Å². The third kappa shape index (κ3) is 4.12. The van der Waals surface area contributed by atoms with Crippen molar-refractivity contribution in [1.82, 2.24) is 4.90 Å². The van der Waals surface area contributed by atoms with Gasteiger partial charge >= 0.3 is 6.03 Å². The van der Waals surface area contributed by atoms with E-state index >= 15 is 0 Å². The fraction of sp³-hybridized carbons (Fsp3) is 0.579. The molecule has 1 heterocycles. The van der Waals surface area contributed by atoms with Crippen molar-refractivity contribution in [3.05, 3.63) is 29.3 Å². The van der Waals surface area contributed by atoms with Crippen molar-refractivity contribution in [2.45, 2.75) is 66.5 Å². The fourth-order valence-corrected chi connectivity index (χ4v) is 3.90. The third-order valence-electron chi connectivity index (χ3n) is 4.07. The Morgan fingerprint density at radius 3 is 2.50 bits per heavy atom. The molecule has 0 bridgehead atoms. The van der Waals surface area contributed by atoms with Crippen molar-refractivity contribution in [1.29, 1.82) is 0 Å². The largest absolute Gasteiger partial charge is 0.331 e. The first kappa shape index (κ1) is 18.8. The second-order valence-electron chi connectivity index (χ2n) is 7.47. The summed E-state index contributed by atoms with van der Waals surface area (Å²) < 4.78 is 0. The lowest BCUT2D eigenvalue weighted by molar-refractivity contribution is 0.217. The number of rotatable bonds is 3. The van der Waals surface area contributed by atoms with Crippen molar-refractivity contribution in [3.63, 3.8) is 0 Å². The van der Waals surface area contributed by atoms with Gasteiger partial charge in [0.1, 0.15) is 0 Å². The molecular formula is C19H29N3OS. The van der Waals surface area contributed by atoms with Gasteiger partial charge in [-0.3, -0.25) is 14.8 Å². The monoisotopic (exact) mass is 347 g/mol. The van der Waals surface area contributed by atoms with E-state index < -0.39 is 0 Å². The molecule has 1 saturated heterocycles. The molecule has 5 heteroatoms. The topological polar surface area (TPSA) is 35.9 Å². The molecule has 4 nitrogen and oxygen atoms in total. The summed E-state index contributed by atoms with van der Waals surface area (Å²) >= 11 is 1.64. The minimum absolute atomic E-state index is 0.0260. The second kappa shape index (κ2) is 7.18. The smallest absolute Gasteiger partial charge is 0.284 e. The van der Waals surface area contributed by atoms with Crippen LogP contribution in [-0.4, -0.2) is 33.6 Å². The Kier molecular flexibility index (Phi) is 5.63. The van der Waals surface area contributed by atoms with Gasteiger partial charge in [-0.15, -0.1) is 0 Å². The molecule has 0 saturated carbocycles. The maximum Gasteiger partial charge on any atom is 0.331 e. The number of hydrogen-bond acceptors (Lipinski definition) is 3. The van der Waals surface area contributed by atoms with Crippen LogP contribution in [0.3, 0.4) is 0 Å². The Morgan fingerprint density at radius 2 is 1.96 bits per heavy atom. The molecule has 0 aliphatic carbocycles. The van der Waals surface area contributed by atoms with E-state index in [1.807, 2.05) is 15.9 Å². The maximum absolute atomic E-state index is 13.2. The molecule has 0 spiro atoms. The first-order valence-corrected chi connectivity index (χ1v) is 9.53. The van der Waals surface area contributed by atoms with Gasteiger partial charge in [-0.1, -0.05) is 36.4 Å². The molecular weight excluding hydrogens is 318 g/mol. The highest BCUT2D eigenvalue weighted by Crippen LogP contribution is 2.31. The summed E-state index contributed by atoms with van der Waals surface area (Å²) in [5.41, 5.74) is 3.13. The molecule has 0 radical (unpaired) electrons. The predicted molar refractivity (Wildman–Crippen MR) is 105 cm³/mol. The number of benzene rings is 1. The van der Waals surface area contributed by atoms with Gasteiger partial charge < -0.3 is 0 Å². The van der Waals surface area contributed by atoms with Crippen LogP contribution in [0.15, 0.2) is 23.2 Å². The van der Waals surface area contributed by atoms with Gasteiger partial charge in [0.2, 0.25) is 0 Å². The van der Waals surface area contributed by atoms with Crippen molar-refractivity contribution < 1.29 is 4.79 Å². The van der Waals surface area contributed by atoms with Crippen LogP contribution in [0.4, 0.5) is 10.5 Å². The first-order valence-electron chi connectivity index (χ1n) is 8.54. The Bertz CT molecular complexity index is 649. The highest BCUT2D eigenvalue weighted by Gasteiger charge is 2.36. The van der Waals surface area contributed by atoms with Gasteiger partial charge in [-0.05, 0) is 59.6 Å². The lowest BCUT2D eigenvalue weighted by Crippen LogP contribution is -2.54. The van der Waals surface area contributed by atoms with E-state index in [1.165, 1.54) is 5.56 Å². The molecule has 1 unspecified atom stereocenters. The molecule has 132 valence electrons. The third-order valence-corrected chi connectivity index (χ3v) is 5.01. The Morgan fingerprint density at radius 1 is 1.29 bits per heavy atom. The van der Waals surface area contributed by atoms with Crippen molar-refractivity contribution in [2.24, 2.45) is 4.99 Å². The van der Waals surface area contributed by atoms with Gasteiger partial charge in [0.05, 0.1) is 11.4 Å². The summed E-state index contributed by atoms with van der Waals surface area (Å²) in [5.74, 6) is 0.602. The average Bonchev–Trinajstić information content (AvgIpc) is 2.46. The molecule has 1 aliphatic heterocycles. The molecule has 1 atom stereocenters. The molecule has 1 aromatic carbocycles. The zero-order valence-corrected chi connectivity index (χ0v) is 16.7. The van der Waals surface area contributed by atoms with Crippen LogP contribution in [-0.2, 0) is 0 Å². The number of nitrogens with zero attached hydrogens (tertiary/aromatic N) is 3. The van der Waals surface area contributed by atoms with E-state index in [-0.39, 0.29) is 17.6 Å². The van der Waals surface area contributed by atoms with Crippen molar-refractivity contribution >= 4 is 28.6 Å². The van der Waals surface area contributed by atoms with Crippen LogP contribution in [0.2, 0.25) is 0 Å². The fourth-order valence-electron chi connectivity index (χ4n) is 2.67. The van der Waals surface area contributed by atoms with E-state index in [2.05, 4.69) is 60.6 Å². The Labute approximate surface area is 150 Å².